The van der Waals surface area contributed by atoms with Crippen LogP contribution in [0, 0.1) is 5.92 Å². The van der Waals surface area contributed by atoms with Gasteiger partial charge in [0.2, 0.25) is 0 Å². The Morgan fingerprint density at radius 2 is 2.21 bits per heavy atom. The zero-order chi connectivity index (χ0) is 10.4. The summed E-state index contributed by atoms with van der Waals surface area (Å²) in [4.78, 5) is 12.6. The fraction of sp³-hybridized carbons (Fsp3) is 0.900. The van der Waals surface area contributed by atoms with Crippen LogP contribution in [0.4, 0.5) is 0 Å². The van der Waals surface area contributed by atoms with Crippen LogP contribution < -0.4 is 0 Å². The van der Waals surface area contributed by atoms with Crippen LogP contribution in [0.5, 0.6) is 0 Å². The first kappa shape index (κ1) is 11.5. The van der Waals surface area contributed by atoms with Crippen LogP contribution in [0.3, 0.4) is 0 Å². The van der Waals surface area contributed by atoms with Crippen molar-refractivity contribution in [1.82, 2.24) is 4.90 Å². The van der Waals surface area contributed by atoms with Gasteiger partial charge in [-0.25, -0.2) is 0 Å². The molecule has 0 aromatic carbocycles. The van der Waals surface area contributed by atoms with Crippen LogP contribution in [-0.4, -0.2) is 48.8 Å². The maximum Gasteiger partial charge on any atom is 0.303 e. The summed E-state index contributed by atoms with van der Waals surface area (Å²) in [5.74, 6) is -0.324. The molecule has 4 nitrogen and oxygen atoms in total. The lowest BCUT2D eigenvalue weighted by Crippen LogP contribution is -2.48. The van der Waals surface area contributed by atoms with E-state index in [1.54, 1.807) is 0 Å². The van der Waals surface area contributed by atoms with Gasteiger partial charge in [-0.15, -0.1) is 0 Å². The minimum atomic E-state index is -0.683. The van der Waals surface area contributed by atoms with E-state index in [1.807, 2.05) is 0 Å². The van der Waals surface area contributed by atoms with E-state index in [0.717, 1.165) is 39.3 Å². The highest BCUT2D eigenvalue weighted by Crippen LogP contribution is 2.17. The molecule has 0 aromatic heterocycles. The summed E-state index contributed by atoms with van der Waals surface area (Å²) in [5.41, 5.74) is 0. The molecule has 0 unspecified atom stereocenters. The van der Waals surface area contributed by atoms with Crippen molar-refractivity contribution in [2.75, 3.05) is 32.8 Å². The van der Waals surface area contributed by atoms with Crippen molar-refractivity contribution in [3.05, 3.63) is 0 Å². The monoisotopic (exact) mass is 201 g/mol. The molecule has 0 aromatic rings. The van der Waals surface area contributed by atoms with E-state index in [1.165, 1.54) is 0 Å². The molecule has 0 amide bonds. The number of hydrogen-bond acceptors (Lipinski definition) is 3. The second-order valence-electron chi connectivity index (χ2n) is 3.84. The van der Waals surface area contributed by atoms with Gasteiger partial charge >= 0.3 is 5.97 Å². The zero-order valence-electron chi connectivity index (χ0n) is 8.74. The Morgan fingerprint density at radius 1 is 1.50 bits per heavy atom. The van der Waals surface area contributed by atoms with Gasteiger partial charge in [-0.05, 0) is 12.3 Å². The lowest BCUT2D eigenvalue weighted by Gasteiger charge is -2.38. The summed E-state index contributed by atoms with van der Waals surface area (Å²) in [6.45, 7) is 6.46. The highest BCUT2D eigenvalue weighted by molar-refractivity contribution is 5.67. The van der Waals surface area contributed by atoms with Crippen LogP contribution in [0.25, 0.3) is 0 Å². The van der Waals surface area contributed by atoms with Gasteiger partial charge in [0.15, 0.2) is 0 Å². The van der Waals surface area contributed by atoms with Gasteiger partial charge in [0, 0.05) is 26.2 Å². The van der Waals surface area contributed by atoms with Crippen molar-refractivity contribution in [3.63, 3.8) is 0 Å². The molecule has 1 rings (SSSR count). The van der Waals surface area contributed by atoms with Gasteiger partial charge in [-0.1, -0.05) is 6.92 Å². The van der Waals surface area contributed by atoms with Gasteiger partial charge in [-0.2, -0.15) is 0 Å². The van der Waals surface area contributed by atoms with Gasteiger partial charge in [0.05, 0.1) is 13.0 Å². The van der Waals surface area contributed by atoms with E-state index in [2.05, 4.69) is 11.8 Å². The molecule has 0 spiro atoms. The Balaban J connectivity index is 1.91. The van der Waals surface area contributed by atoms with E-state index in [9.17, 15) is 4.79 Å². The summed E-state index contributed by atoms with van der Waals surface area (Å²) in [6, 6.07) is 0. The average Bonchev–Trinajstić information content (AvgIpc) is 2.06. The molecule has 82 valence electrons. The second-order valence-corrected chi connectivity index (χ2v) is 3.84. The predicted octanol–water partition coefficient (Wildman–Crippen LogP) is 0.820. The minimum Gasteiger partial charge on any atom is -0.481 e. The fourth-order valence-electron chi connectivity index (χ4n) is 1.68. The van der Waals surface area contributed by atoms with Gasteiger partial charge in [-0.3, -0.25) is 4.79 Å². The number of likely N-dealkylation sites (tertiary alicyclic amines) is 1. The molecule has 1 saturated heterocycles. The Kier molecular flexibility index (Phi) is 4.90. The second kappa shape index (κ2) is 5.98. The molecule has 1 aliphatic rings. The molecule has 0 aliphatic carbocycles. The third kappa shape index (κ3) is 4.07. The first-order valence-corrected chi connectivity index (χ1v) is 5.24. The number of ether oxygens (including phenoxy) is 1. The smallest absolute Gasteiger partial charge is 0.303 e. The maximum atomic E-state index is 10.4. The Bertz CT molecular complexity index is 178. The van der Waals surface area contributed by atoms with Crippen LogP contribution in [0.15, 0.2) is 0 Å². The van der Waals surface area contributed by atoms with Crippen LogP contribution in [0.2, 0.25) is 0 Å². The zero-order valence-corrected chi connectivity index (χ0v) is 8.74. The van der Waals surface area contributed by atoms with E-state index in [4.69, 9.17) is 9.84 Å². The molecular formula is C10H19NO3. The number of nitrogens with zero attached hydrogens (tertiary/aromatic N) is 1. The van der Waals surface area contributed by atoms with Gasteiger partial charge in [0.1, 0.15) is 0 Å². The molecule has 0 bridgehead atoms. The van der Waals surface area contributed by atoms with Crippen molar-refractivity contribution in [2.45, 2.75) is 19.8 Å². The van der Waals surface area contributed by atoms with E-state index in [-0.39, 0.29) is 0 Å². The summed E-state index contributed by atoms with van der Waals surface area (Å²) >= 11 is 0. The normalized spacial score (nSPS) is 18.1. The number of aliphatic carboxylic acids is 1. The molecule has 1 fully saturated rings. The molecule has 4 heteroatoms. The molecule has 1 N–H and O–H groups in total. The molecule has 0 saturated carbocycles. The highest BCUT2D eigenvalue weighted by atomic mass is 16.5. The Labute approximate surface area is 84.8 Å². The molecule has 14 heavy (non-hydrogen) atoms. The summed E-state index contributed by atoms with van der Waals surface area (Å²) in [7, 11) is 0. The quantitative estimate of drug-likeness (QED) is 0.619. The van der Waals surface area contributed by atoms with Gasteiger partial charge < -0.3 is 14.7 Å². The lowest BCUT2D eigenvalue weighted by atomic mass is 9.97. The first-order valence-electron chi connectivity index (χ1n) is 5.24. The minimum absolute atomic E-state index is 0.312. The molecule has 0 atom stereocenters. The Hall–Kier alpha value is -0.610. The summed E-state index contributed by atoms with van der Waals surface area (Å²) in [5, 5.41) is 8.54. The van der Waals surface area contributed by atoms with E-state index >= 15 is 0 Å². The average molecular weight is 201 g/mol. The lowest BCUT2D eigenvalue weighted by molar-refractivity contribution is -0.139. The third-order valence-corrected chi connectivity index (χ3v) is 2.40. The summed E-state index contributed by atoms with van der Waals surface area (Å²) in [6.07, 6.45) is 1.37. The number of carboxylic acids is 1. The first-order chi connectivity index (χ1) is 6.72. The van der Waals surface area contributed by atoms with Crippen LogP contribution in [0.1, 0.15) is 19.8 Å². The molecule has 0 radical (unpaired) electrons. The highest BCUT2D eigenvalue weighted by Gasteiger charge is 2.27. The van der Waals surface area contributed by atoms with Crippen LogP contribution >= 0.6 is 0 Å². The van der Waals surface area contributed by atoms with Crippen LogP contribution in [-0.2, 0) is 9.53 Å². The SMILES string of the molecule is CCCOCCN1CC(CC(=O)O)C1. The standard InChI is InChI=1S/C10H19NO3/c1-2-4-14-5-3-11-7-9(8-11)6-10(12)13/h9H,2-8H2,1H3,(H,12,13). The van der Waals surface area contributed by atoms with E-state index < -0.39 is 5.97 Å². The molecule has 1 heterocycles. The molecular weight excluding hydrogens is 182 g/mol. The number of carboxylic acid groups (broad SMARTS) is 1. The summed E-state index contributed by atoms with van der Waals surface area (Å²) < 4.78 is 5.35. The topological polar surface area (TPSA) is 49.8 Å². The fourth-order valence-corrected chi connectivity index (χ4v) is 1.68. The predicted molar refractivity (Wildman–Crippen MR) is 53.3 cm³/mol. The van der Waals surface area contributed by atoms with Crippen molar-refractivity contribution < 1.29 is 14.6 Å². The van der Waals surface area contributed by atoms with E-state index in [0.29, 0.717) is 12.3 Å². The number of hydrogen-bond donors (Lipinski definition) is 1. The number of carbonyl (C=O) groups is 1. The molecule has 1 aliphatic heterocycles. The van der Waals surface area contributed by atoms with Crippen molar-refractivity contribution in [1.29, 1.82) is 0 Å². The third-order valence-electron chi connectivity index (χ3n) is 2.40. The maximum absolute atomic E-state index is 10.4. The van der Waals surface area contributed by atoms with Crippen molar-refractivity contribution in [2.24, 2.45) is 5.92 Å². The van der Waals surface area contributed by atoms with Crippen molar-refractivity contribution >= 4 is 5.97 Å². The van der Waals surface area contributed by atoms with Crippen molar-refractivity contribution in [3.8, 4) is 0 Å². The Morgan fingerprint density at radius 3 is 2.79 bits per heavy atom. The largest absolute Gasteiger partial charge is 0.481 e. The van der Waals surface area contributed by atoms with Gasteiger partial charge in [0.25, 0.3) is 0 Å². The number of rotatable bonds is 7.